The van der Waals surface area contributed by atoms with Crippen LogP contribution in [0.2, 0.25) is 0 Å². The molecule has 3 nitrogen and oxygen atoms in total. The number of hydrogen-bond donors (Lipinski definition) is 1. The Balaban J connectivity index is 2.04. The molecule has 0 aliphatic heterocycles. The lowest BCUT2D eigenvalue weighted by Gasteiger charge is -2.32. The van der Waals surface area contributed by atoms with Crippen LogP contribution in [0.15, 0.2) is 24.3 Å². The fourth-order valence-corrected chi connectivity index (χ4v) is 2.49. The van der Waals surface area contributed by atoms with Crippen molar-refractivity contribution in [1.82, 2.24) is 0 Å². The van der Waals surface area contributed by atoms with Gasteiger partial charge >= 0.3 is 0 Å². The van der Waals surface area contributed by atoms with Crippen LogP contribution in [-0.4, -0.2) is 25.9 Å². The van der Waals surface area contributed by atoms with Gasteiger partial charge in [0.15, 0.2) is 0 Å². The van der Waals surface area contributed by atoms with E-state index in [0.29, 0.717) is 6.61 Å². The van der Waals surface area contributed by atoms with Crippen molar-refractivity contribution >= 4 is 0 Å². The monoisotopic (exact) mass is 235 g/mol. The number of nitrogens with two attached hydrogens (primary N) is 1. The molecule has 0 saturated heterocycles. The number of benzene rings is 1. The average molecular weight is 235 g/mol. The smallest absolute Gasteiger partial charge is 0.0785 e. The van der Waals surface area contributed by atoms with Crippen LogP contribution in [-0.2, 0) is 15.9 Å². The summed E-state index contributed by atoms with van der Waals surface area (Å²) in [5, 5.41) is 0. The Morgan fingerprint density at radius 1 is 1.41 bits per heavy atom. The maximum Gasteiger partial charge on any atom is 0.0785 e. The van der Waals surface area contributed by atoms with Crippen molar-refractivity contribution in [2.24, 2.45) is 5.73 Å². The highest BCUT2D eigenvalue weighted by atomic mass is 16.5. The van der Waals surface area contributed by atoms with Gasteiger partial charge in [-0.25, -0.2) is 0 Å². The SMILES string of the molecule is COCC(C)OC1CCc2ccccc2C1N. The first kappa shape index (κ1) is 12.6. The number of fused-ring (bicyclic) bond motifs is 1. The minimum atomic E-state index is -0.0146. The second kappa shape index (κ2) is 5.63. The van der Waals surface area contributed by atoms with E-state index in [1.54, 1.807) is 7.11 Å². The number of aryl methyl sites for hydroxylation is 1. The molecule has 17 heavy (non-hydrogen) atoms. The lowest BCUT2D eigenvalue weighted by atomic mass is 9.86. The number of hydrogen-bond acceptors (Lipinski definition) is 3. The maximum atomic E-state index is 6.27. The summed E-state index contributed by atoms with van der Waals surface area (Å²) in [6, 6.07) is 8.36. The van der Waals surface area contributed by atoms with Crippen LogP contribution in [0, 0.1) is 0 Å². The second-order valence-electron chi connectivity index (χ2n) is 4.70. The Bertz CT molecular complexity index is 367. The van der Waals surface area contributed by atoms with Crippen LogP contribution in [0.1, 0.15) is 30.5 Å². The van der Waals surface area contributed by atoms with Crippen molar-refractivity contribution in [3.8, 4) is 0 Å². The number of rotatable bonds is 4. The summed E-state index contributed by atoms with van der Waals surface area (Å²) >= 11 is 0. The molecular formula is C14H21NO2. The Labute approximate surface area is 103 Å². The summed E-state index contributed by atoms with van der Waals surface area (Å²) in [4.78, 5) is 0. The molecule has 3 atom stereocenters. The van der Waals surface area contributed by atoms with E-state index in [9.17, 15) is 0 Å². The van der Waals surface area contributed by atoms with Crippen LogP contribution in [0.25, 0.3) is 0 Å². The van der Waals surface area contributed by atoms with Crippen molar-refractivity contribution in [2.45, 2.75) is 38.0 Å². The molecule has 0 fully saturated rings. The first-order valence-electron chi connectivity index (χ1n) is 6.20. The molecule has 1 aliphatic rings. The van der Waals surface area contributed by atoms with Crippen molar-refractivity contribution < 1.29 is 9.47 Å². The average Bonchev–Trinajstić information content (AvgIpc) is 2.33. The zero-order valence-electron chi connectivity index (χ0n) is 10.6. The molecular weight excluding hydrogens is 214 g/mol. The first-order chi connectivity index (χ1) is 8.22. The van der Waals surface area contributed by atoms with Gasteiger partial charge in [0.1, 0.15) is 0 Å². The molecule has 2 N–H and O–H groups in total. The van der Waals surface area contributed by atoms with Gasteiger partial charge < -0.3 is 15.2 Å². The van der Waals surface area contributed by atoms with Crippen LogP contribution in [0.4, 0.5) is 0 Å². The fraction of sp³-hybridized carbons (Fsp3) is 0.571. The quantitative estimate of drug-likeness (QED) is 0.868. The molecule has 1 aromatic carbocycles. The second-order valence-corrected chi connectivity index (χ2v) is 4.70. The van der Waals surface area contributed by atoms with E-state index < -0.39 is 0 Å². The van der Waals surface area contributed by atoms with Gasteiger partial charge in [0.25, 0.3) is 0 Å². The lowest BCUT2D eigenvalue weighted by Crippen LogP contribution is -2.36. The predicted octanol–water partition coefficient (Wildman–Crippen LogP) is 2.05. The van der Waals surface area contributed by atoms with Gasteiger partial charge in [0.2, 0.25) is 0 Å². The Kier molecular flexibility index (Phi) is 4.15. The van der Waals surface area contributed by atoms with Crippen LogP contribution >= 0.6 is 0 Å². The summed E-state index contributed by atoms with van der Waals surface area (Å²) in [5.74, 6) is 0. The fourth-order valence-electron chi connectivity index (χ4n) is 2.49. The molecule has 2 rings (SSSR count). The third kappa shape index (κ3) is 2.86. The highest BCUT2D eigenvalue weighted by Gasteiger charge is 2.28. The van der Waals surface area contributed by atoms with Crippen molar-refractivity contribution in [3.63, 3.8) is 0 Å². The molecule has 3 heteroatoms. The molecule has 0 radical (unpaired) electrons. The molecule has 0 bridgehead atoms. The van der Waals surface area contributed by atoms with Gasteiger partial charge in [-0.2, -0.15) is 0 Å². The summed E-state index contributed by atoms with van der Waals surface area (Å²) in [5.41, 5.74) is 8.86. The largest absolute Gasteiger partial charge is 0.382 e. The Morgan fingerprint density at radius 2 is 2.18 bits per heavy atom. The Hall–Kier alpha value is -0.900. The van der Waals surface area contributed by atoms with Gasteiger partial charge in [0.05, 0.1) is 24.9 Å². The zero-order valence-corrected chi connectivity index (χ0v) is 10.6. The summed E-state index contributed by atoms with van der Waals surface area (Å²) in [6.07, 6.45) is 2.25. The van der Waals surface area contributed by atoms with E-state index in [-0.39, 0.29) is 18.2 Å². The molecule has 0 saturated carbocycles. The predicted molar refractivity (Wildman–Crippen MR) is 67.9 cm³/mol. The minimum Gasteiger partial charge on any atom is -0.382 e. The molecule has 1 aromatic rings. The molecule has 0 spiro atoms. The normalized spacial score (nSPS) is 25.4. The third-order valence-corrected chi connectivity index (χ3v) is 3.32. The van der Waals surface area contributed by atoms with Crippen molar-refractivity contribution in [1.29, 1.82) is 0 Å². The number of methoxy groups -OCH3 is 1. The van der Waals surface area contributed by atoms with Crippen molar-refractivity contribution in [2.75, 3.05) is 13.7 Å². The zero-order chi connectivity index (χ0) is 12.3. The lowest BCUT2D eigenvalue weighted by molar-refractivity contribution is -0.0544. The van der Waals surface area contributed by atoms with Crippen LogP contribution in [0.3, 0.4) is 0 Å². The van der Waals surface area contributed by atoms with Gasteiger partial charge in [-0.15, -0.1) is 0 Å². The van der Waals surface area contributed by atoms with Crippen LogP contribution in [0.5, 0.6) is 0 Å². The van der Waals surface area contributed by atoms with Crippen LogP contribution < -0.4 is 5.73 Å². The molecule has 94 valence electrons. The summed E-state index contributed by atoms with van der Waals surface area (Å²) < 4.78 is 11.0. The van der Waals surface area contributed by atoms with E-state index in [2.05, 4.69) is 18.2 Å². The standard InChI is InChI=1S/C14H21NO2/c1-10(9-16-2)17-13-8-7-11-5-3-4-6-12(11)14(13)15/h3-6,10,13-14H,7-9,15H2,1-2H3. The summed E-state index contributed by atoms with van der Waals surface area (Å²) in [6.45, 7) is 2.64. The topological polar surface area (TPSA) is 44.5 Å². The van der Waals surface area contributed by atoms with Gasteiger partial charge in [-0.3, -0.25) is 0 Å². The van der Waals surface area contributed by atoms with Gasteiger partial charge in [-0.1, -0.05) is 24.3 Å². The molecule has 0 amide bonds. The minimum absolute atomic E-state index is 0.0146. The summed E-state index contributed by atoms with van der Waals surface area (Å²) in [7, 11) is 1.69. The molecule has 0 heterocycles. The highest BCUT2D eigenvalue weighted by Crippen LogP contribution is 2.30. The highest BCUT2D eigenvalue weighted by molar-refractivity contribution is 5.33. The maximum absolute atomic E-state index is 6.27. The molecule has 0 aromatic heterocycles. The molecule has 3 unspecified atom stereocenters. The first-order valence-corrected chi connectivity index (χ1v) is 6.20. The van der Waals surface area contributed by atoms with Gasteiger partial charge in [0, 0.05) is 7.11 Å². The van der Waals surface area contributed by atoms with Gasteiger partial charge in [-0.05, 0) is 30.9 Å². The Morgan fingerprint density at radius 3 is 2.94 bits per heavy atom. The third-order valence-electron chi connectivity index (χ3n) is 3.32. The van der Waals surface area contributed by atoms with E-state index in [4.69, 9.17) is 15.2 Å². The van der Waals surface area contributed by atoms with Crippen molar-refractivity contribution in [3.05, 3.63) is 35.4 Å². The van der Waals surface area contributed by atoms with E-state index >= 15 is 0 Å². The van der Waals surface area contributed by atoms with E-state index in [1.165, 1.54) is 11.1 Å². The van der Waals surface area contributed by atoms with E-state index in [0.717, 1.165) is 12.8 Å². The number of ether oxygens (including phenoxy) is 2. The molecule has 1 aliphatic carbocycles. The van der Waals surface area contributed by atoms with E-state index in [1.807, 2.05) is 13.0 Å².